The van der Waals surface area contributed by atoms with Crippen LogP contribution in [0.2, 0.25) is 0 Å². The fraction of sp³-hybridized carbons (Fsp3) is 0.450. The Bertz CT molecular complexity index is 787. The number of allylic oxidation sites excluding steroid dienone is 1. The van der Waals surface area contributed by atoms with Gasteiger partial charge >= 0.3 is 0 Å². The fourth-order valence-electron chi connectivity index (χ4n) is 2.88. The van der Waals surface area contributed by atoms with Crippen molar-refractivity contribution < 1.29 is 13.2 Å². The first-order chi connectivity index (χ1) is 13.0. The number of nitrogens with zero attached hydrogens (tertiary/aromatic N) is 2. The molecule has 27 heavy (non-hydrogen) atoms. The van der Waals surface area contributed by atoms with E-state index >= 15 is 0 Å². The van der Waals surface area contributed by atoms with Crippen molar-refractivity contribution in [2.24, 2.45) is 0 Å². The maximum atomic E-state index is 11.6. The molecule has 1 aromatic rings. The van der Waals surface area contributed by atoms with Gasteiger partial charge in [-0.05, 0) is 49.9 Å². The molecule has 6 nitrogen and oxygen atoms in total. The first-order valence-electron chi connectivity index (χ1n) is 9.27. The molecule has 1 N–H and O–H groups in total. The quantitative estimate of drug-likeness (QED) is 0.586. The molecule has 148 valence electrons. The lowest BCUT2D eigenvalue weighted by molar-refractivity contribution is 0.255. The Labute approximate surface area is 162 Å². The summed E-state index contributed by atoms with van der Waals surface area (Å²) in [5.41, 5.74) is 2.57. The van der Waals surface area contributed by atoms with Crippen LogP contribution in [0.25, 0.3) is 0 Å². The minimum Gasteiger partial charge on any atom is -0.478 e. The lowest BCUT2D eigenvalue weighted by Gasteiger charge is -2.28. The molecular formula is C20H29N3O3S. The standard InChI is InChI=1S/C20H29N3O3S/c1-4-17-12-14-23(16-18(17)5-2)13-7-8-15-26-20-11-9-10-19(21-20)22-27(24,25)6-3/h4-5,9-11H,1-2,6-8,12-16H2,3H3,(H,21,22). The largest absolute Gasteiger partial charge is 0.478 e. The number of hydrogen-bond acceptors (Lipinski definition) is 5. The lowest BCUT2D eigenvalue weighted by atomic mass is 10.00. The van der Waals surface area contributed by atoms with Crippen LogP contribution < -0.4 is 9.46 Å². The third kappa shape index (κ3) is 6.84. The van der Waals surface area contributed by atoms with Crippen molar-refractivity contribution in [2.75, 3.05) is 36.7 Å². The van der Waals surface area contributed by atoms with Crippen molar-refractivity contribution >= 4 is 15.8 Å². The molecule has 1 aliphatic heterocycles. The molecule has 0 saturated heterocycles. The van der Waals surface area contributed by atoms with E-state index in [4.69, 9.17) is 4.74 Å². The molecule has 1 aromatic heterocycles. The maximum Gasteiger partial charge on any atom is 0.233 e. The zero-order chi connectivity index (χ0) is 19.7. The molecule has 0 unspecified atom stereocenters. The van der Waals surface area contributed by atoms with Crippen molar-refractivity contribution in [3.8, 4) is 5.88 Å². The van der Waals surface area contributed by atoms with E-state index in [0.717, 1.165) is 38.9 Å². The van der Waals surface area contributed by atoms with E-state index in [1.807, 2.05) is 12.2 Å². The minimum atomic E-state index is -3.33. The number of anilines is 1. The summed E-state index contributed by atoms with van der Waals surface area (Å²) in [5, 5.41) is 0. The zero-order valence-corrected chi connectivity index (χ0v) is 16.8. The fourth-order valence-corrected chi connectivity index (χ4v) is 3.45. The summed E-state index contributed by atoms with van der Waals surface area (Å²) < 4.78 is 31.3. The van der Waals surface area contributed by atoms with Gasteiger partial charge < -0.3 is 4.74 Å². The summed E-state index contributed by atoms with van der Waals surface area (Å²) in [7, 11) is -3.33. The average molecular weight is 392 g/mol. The summed E-state index contributed by atoms with van der Waals surface area (Å²) >= 11 is 0. The normalized spacial score (nSPS) is 15.4. The molecule has 2 rings (SSSR count). The van der Waals surface area contributed by atoms with E-state index in [1.54, 1.807) is 25.1 Å². The van der Waals surface area contributed by atoms with Gasteiger partial charge in [0.25, 0.3) is 0 Å². The van der Waals surface area contributed by atoms with Gasteiger partial charge in [-0.25, -0.2) is 8.42 Å². The van der Waals surface area contributed by atoms with Crippen LogP contribution in [0.15, 0.2) is 54.7 Å². The van der Waals surface area contributed by atoms with E-state index in [0.29, 0.717) is 12.5 Å². The van der Waals surface area contributed by atoms with Crippen LogP contribution in [0.1, 0.15) is 26.2 Å². The molecule has 7 heteroatoms. The zero-order valence-electron chi connectivity index (χ0n) is 16.0. The highest BCUT2D eigenvalue weighted by molar-refractivity contribution is 7.92. The molecule has 0 saturated carbocycles. The van der Waals surface area contributed by atoms with Gasteiger partial charge in [-0.3, -0.25) is 9.62 Å². The molecule has 0 fully saturated rings. The molecular weight excluding hydrogens is 362 g/mol. The predicted octanol–water partition coefficient (Wildman–Crippen LogP) is 3.38. The van der Waals surface area contributed by atoms with Crippen LogP contribution in [0.4, 0.5) is 5.82 Å². The van der Waals surface area contributed by atoms with Gasteiger partial charge in [0.1, 0.15) is 5.82 Å². The molecule has 0 atom stereocenters. The SMILES string of the molecule is C=CC1=C(C=C)CN(CCCCOc2cccc(NS(=O)(=O)CC)n2)CC1. The molecule has 0 amide bonds. The number of nitrogens with one attached hydrogen (secondary N) is 1. The second-order valence-corrected chi connectivity index (χ2v) is 8.42. The lowest BCUT2D eigenvalue weighted by Crippen LogP contribution is -2.32. The van der Waals surface area contributed by atoms with E-state index in [1.165, 1.54) is 11.1 Å². The molecule has 0 aromatic carbocycles. The van der Waals surface area contributed by atoms with E-state index < -0.39 is 10.0 Å². The van der Waals surface area contributed by atoms with Gasteiger partial charge in [0.2, 0.25) is 15.9 Å². The van der Waals surface area contributed by atoms with Crippen molar-refractivity contribution in [3.05, 3.63) is 54.7 Å². The van der Waals surface area contributed by atoms with E-state index in [9.17, 15) is 8.42 Å². The highest BCUT2D eigenvalue weighted by Crippen LogP contribution is 2.20. The number of ether oxygens (including phenoxy) is 1. The maximum absolute atomic E-state index is 11.6. The van der Waals surface area contributed by atoms with Crippen LogP contribution in [-0.4, -0.2) is 50.3 Å². The second-order valence-electron chi connectivity index (χ2n) is 6.41. The molecule has 0 radical (unpaired) electrons. The van der Waals surface area contributed by atoms with Crippen LogP contribution in [0.3, 0.4) is 0 Å². The number of unbranched alkanes of at least 4 members (excludes halogenated alkanes) is 1. The number of sulfonamides is 1. The third-order valence-electron chi connectivity index (χ3n) is 4.48. The minimum absolute atomic E-state index is 0.00726. The number of aromatic nitrogens is 1. The first kappa shape index (κ1) is 21.2. The van der Waals surface area contributed by atoms with Crippen LogP contribution in [-0.2, 0) is 10.0 Å². The van der Waals surface area contributed by atoms with Crippen LogP contribution >= 0.6 is 0 Å². The Balaban J connectivity index is 1.72. The van der Waals surface area contributed by atoms with Gasteiger partial charge in [0.15, 0.2) is 0 Å². The Morgan fingerprint density at radius 2 is 2.04 bits per heavy atom. The summed E-state index contributed by atoms with van der Waals surface area (Å²) in [4.78, 5) is 6.60. The predicted molar refractivity (Wildman–Crippen MR) is 111 cm³/mol. The van der Waals surface area contributed by atoms with Gasteiger partial charge in [-0.15, -0.1) is 0 Å². The van der Waals surface area contributed by atoms with Crippen molar-refractivity contribution in [2.45, 2.75) is 26.2 Å². The molecule has 0 aliphatic carbocycles. The second kappa shape index (κ2) is 10.3. The topological polar surface area (TPSA) is 71.5 Å². The van der Waals surface area contributed by atoms with Crippen molar-refractivity contribution in [3.63, 3.8) is 0 Å². The summed E-state index contributed by atoms with van der Waals surface area (Å²) in [6.45, 7) is 12.9. The van der Waals surface area contributed by atoms with Gasteiger partial charge in [-0.2, -0.15) is 4.98 Å². The van der Waals surface area contributed by atoms with Crippen LogP contribution in [0, 0.1) is 0 Å². The Hall–Kier alpha value is -2.12. The smallest absolute Gasteiger partial charge is 0.233 e. The van der Waals surface area contributed by atoms with Gasteiger partial charge in [0.05, 0.1) is 12.4 Å². The highest BCUT2D eigenvalue weighted by Gasteiger charge is 2.15. The van der Waals surface area contributed by atoms with Gasteiger partial charge in [-0.1, -0.05) is 31.4 Å². The number of rotatable bonds is 11. The van der Waals surface area contributed by atoms with Gasteiger partial charge in [0, 0.05) is 19.2 Å². The molecule has 2 heterocycles. The number of pyridine rings is 1. The number of hydrogen-bond donors (Lipinski definition) is 1. The Kier molecular flexibility index (Phi) is 8.06. The third-order valence-corrected chi connectivity index (χ3v) is 5.76. The van der Waals surface area contributed by atoms with Crippen molar-refractivity contribution in [1.29, 1.82) is 0 Å². The average Bonchev–Trinajstić information content (AvgIpc) is 2.67. The Morgan fingerprint density at radius 3 is 2.74 bits per heavy atom. The Morgan fingerprint density at radius 1 is 1.26 bits per heavy atom. The monoisotopic (exact) mass is 391 g/mol. The van der Waals surface area contributed by atoms with E-state index in [-0.39, 0.29) is 11.6 Å². The molecule has 1 aliphatic rings. The first-order valence-corrected chi connectivity index (χ1v) is 10.9. The highest BCUT2D eigenvalue weighted by atomic mass is 32.2. The molecule has 0 bridgehead atoms. The van der Waals surface area contributed by atoms with E-state index in [2.05, 4.69) is 27.8 Å². The summed E-state index contributed by atoms with van der Waals surface area (Å²) in [6.07, 6.45) is 6.81. The summed E-state index contributed by atoms with van der Waals surface area (Å²) in [6, 6.07) is 5.06. The summed E-state index contributed by atoms with van der Waals surface area (Å²) in [5.74, 6) is 0.717. The molecule has 0 spiro atoms. The van der Waals surface area contributed by atoms with Crippen molar-refractivity contribution in [1.82, 2.24) is 9.88 Å². The van der Waals surface area contributed by atoms with Crippen LogP contribution in [0.5, 0.6) is 5.88 Å².